The third-order valence-electron chi connectivity index (χ3n) is 1.78. The van der Waals surface area contributed by atoms with E-state index in [-0.39, 0.29) is 0 Å². The van der Waals surface area contributed by atoms with E-state index in [1.54, 1.807) is 13.1 Å². The molecule has 0 bridgehead atoms. The molecule has 0 amide bonds. The molecule has 1 heterocycles. The number of aliphatic imine (C=N–C) groups is 2. The van der Waals surface area contributed by atoms with E-state index in [0.29, 0.717) is 0 Å². The summed E-state index contributed by atoms with van der Waals surface area (Å²) in [7, 11) is 1.75. The number of rotatable bonds is 2. The maximum absolute atomic E-state index is 4.40. The Bertz CT molecular complexity index is 293. The van der Waals surface area contributed by atoms with E-state index in [4.69, 9.17) is 0 Å². The number of hydrogen-bond acceptors (Lipinski definition) is 2. The molecule has 0 aliphatic carbocycles. The lowest BCUT2D eigenvalue weighted by molar-refractivity contribution is 1.01. The standard InChI is InChI=1S/C11H14N2/c1-3-10(12-2)11-8-6-4-5-7-9-13-11/h3-6,8H,1,7,9H2,2H3/b5-4+,8-6-,12-10+,13-11-. The van der Waals surface area contributed by atoms with Crippen molar-refractivity contribution in [2.45, 2.75) is 6.42 Å². The molecule has 0 saturated carbocycles. The highest BCUT2D eigenvalue weighted by Crippen LogP contribution is 1.97. The van der Waals surface area contributed by atoms with Crippen molar-refractivity contribution in [3.05, 3.63) is 37.0 Å². The average Bonchev–Trinajstić information content (AvgIpc) is 2.09. The van der Waals surface area contributed by atoms with Crippen molar-refractivity contribution in [1.82, 2.24) is 0 Å². The van der Waals surface area contributed by atoms with Crippen molar-refractivity contribution in [2.24, 2.45) is 9.98 Å². The highest BCUT2D eigenvalue weighted by Gasteiger charge is 1.99. The Morgan fingerprint density at radius 1 is 1.62 bits per heavy atom. The highest BCUT2D eigenvalue weighted by molar-refractivity contribution is 6.50. The van der Waals surface area contributed by atoms with Crippen molar-refractivity contribution in [2.75, 3.05) is 13.6 Å². The van der Waals surface area contributed by atoms with Gasteiger partial charge in [0.1, 0.15) is 0 Å². The van der Waals surface area contributed by atoms with Crippen LogP contribution in [0.5, 0.6) is 0 Å². The second-order valence-corrected chi connectivity index (χ2v) is 2.66. The molecule has 0 saturated heterocycles. The quantitative estimate of drug-likeness (QED) is 0.573. The maximum atomic E-state index is 4.40. The van der Waals surface area contributed by atoms with E-state index in [1.165, 1.54) is 0 Å². The first-order chi connectivity index (χ1) is 6.38. The second-order valence-electron chi connectivity index (χ2n) is 2.66. The fraction of sp³-hybridized carbons (Fsp3) is 0.273. The summed E-state index contributed by atoms with van der Waals surface area (Å²) < 4.78 is 0. The van der Waals surface area contributed by atoms with Crippen LogP contribution in [0.1, 0.15) is 6.42 Å². The molecule has 1 aliphatic heterocycles. The predicted molar refractivity (Wildman–Crippen MR) is 58.8 cm³/mol. The summed E-state index contributed by atoms with van der Waals surface area (Å²) in [6.45, 7) is 4.52. The third-order valence-corrected chi connectivity index (χ3v) is 1.78. The number of nitrogens with zero attached hydrogens (tertiary/aromatic N) is 2. The minimum Gasteiger partial charge on any atom is -0.286 e. The highest BCUT2D eigenvalue weighted by atomic mass is 14.8. The van der Waals surface area contributed by atoms with Gasteiger partial charge in [-0.25, -0.2) is 0 Å². The molecule has 0 aromatic rings. The molecule has 0 radical (unpaired) electrons. The van der Waals surface area contributed by atoms with Crippen LogP contribution < -0.4 is 0 Å². The van der Waals surface area contributed by atoms with Gasteiger partial charge in [0.25, 0.3) is 0 Å². The molecule has 2 heteroatoms. The first-order valence-electron chi connectivity index (χ1n) is 4.35. The molecule has 0 spiro atoms. The Morgan fingerprint density at radius 2 is 2.46 bits per heavy atom. The lowest BCUT2D eigenvalue weighted by Crippen LogP contribution is -2.09. The van der Waals surface area contributed by atoms with Gasteiger partial charge in [0.05, 0.1) is 11.4 Å². The Morgan fingerprint density at radius 3 is 3.15 bits per heavy atom. The van der Waals surface area contributed by atoms with Crippen LogP contribution in [-0.2, 0) is 0 Å². The van der Waals surface area contributed by atoms with Gasteiger partial charge in [-0.2, -0.15) is 0 Å². The molecule has 68 valence electrons. The molecule has 1 rings (SSSR count). The van der Waals surface area contributed by atoms with Crippen molar-refractivity contribution in [3.63, 3.8) is 0 Å². The van der Waals surface area contributed by atoms with Gasteiger partial charge >= 0.3 is 0 Å². The largest absolute Gasteiger partial charge is 0.286 e. The van der Waals surface area contributed by atoms with E-state index in [2.05, 4.69) is 22.6 Å². The topological polar surface area (TPSA) is 24.7 Å². The molecule has 13 heavy (non-hydrogen) atoms. The second kappa shape index (κ2) is 5.25. The Kier molecular flexibility index (Phi) is 3.89. The van der Waals surface area contributed by atoms with Crippen LogP contribution in [0.25, 0.3) is 0 Å². The lowest BCUT2D eigenvalue weighted by atomic mass is 10.2. The fourth-order valence-electron chi connectivity index (χ4n) is 1.11. The number of hydrogen-bond donors (Lipinski definition) is 0. The molecule has 0 N–H and O–H groups in total. The van der Waals surface area contributed by atoms with Gasteiger partial charge in [-0.05, 0) is 18.6 Å². The molecule has 0 unspecified atom stereocenters. The van der Waals surface area contributed by atoms with Crippen LogP contribution in [0, 0.1) is 0 Å². The Labute approximate surface area is 79.1 Å². The van der Waals surface area contributed by atoms with Crippen LogP contribution in [0.2, 0.25) is 0 Å². The molecule has 0 aromatic carbocycles. The number of allylic oxidation sites excluding steroid dienone is 4. The summed E-state index contributed by atoms with van der Waals surface area (Å²) in [5.41, 5.74) is 1.77. The van der Waals surface area contributed by atoms with Crippen molar-refractivity contribution in [1.29, 1.82) is 0 Å². The van der Waals surface area contributed by atoms with Gasteiger partial charge < -0.3 is 0 Å². The summed E-state index contributed by atoms with van der Waals surface area (Å²) >= 11 is 0. The Balaban J connectivity index is 2.88. The first-order valence-corrected chi connectivity index (χ1v) is 4.35. The zero-order valence-corrected chi connectivity index (χ0v) is 7.90. The van der Waals surface area contributed by atoms with Gasteiger partial charge in [0.2, 0.25) is 0 Å². The fourth-order valence-corrected chi connectivity index (χ4v) is 1.11. The molecule has 0 fully saturated rings. The van der Waals surface area contributed by atoms with E-state index >= 15 is 0 Å². The van der Waals surface area contributed by atoms with Crippen LogP contribution in [0.4, 0.5) is 0 Å². The lowest BCUT2D eigenvalue weighted by Gasteiger charge is -2.01. The third kappa shape index (κ3) is 2.82. The predicted octanol–water partition coefficient (Wildman–Crippen LogP) is 2.20. The summed E-state index contributed by atoms with van der Waals surface area (Å²) in [4.78, 5) is 8.50. The summed E-state index contributed by atoms with van der Waals surface area (Å²) in [6, 6.07) is 0. The zero-order valence-electron chi connectivity index (χ0n) is 7.90. The molecule has 0 aromatic heterocycles. The molecule has 1 aliphatic rings. The smallest absolute Gasteiger partial charge is 0.0826 e. The molecular formula is C11H14N2. The van der Waals surface area contributed by atoms with Gasteiger partial charge in [0, 0.05) is 13.6 Å². The van der Waals surface area contributed by atoms with Crippen molar-refractivity contribution in [3.8, 4) is 0 Å². The summed E-state index contributed by atoms with van der Waals surface area (Å²) in [5.74, 6) is 0. The van der Waals surface area contributed by atoms with Gasteiger partial charge in [-0.15, -0.1) is 0 Å². The van der Waals surface area contributed by atoms with Gasteiger partial charge in [0.15, 0.2) is 0 Å². The monoisotopic (exact) mass is 174 g/mol. The van der Waals surface area contributed by atoms with E-state index in [9.17, 15) is 0 Å². The van der Waals surface area contributed by atoms with Crippen LogP contribution >= 0.6 is 0 Å². The Hall–Kier alpha value is -1.44. The van der Waals surface area contributed by atoms with E-state index < -0.39 is 0 Å². The average molecular weight is 174 g/mol. The maximum Gasteiger partial charge on any atom is 0.0826 e. The normalized spacial score (nSPS) is 26.5. The SMILES string of the molecule is C=CC(=N\C)/C1=N\CC/C=C/C=C\1. The van der Waals surface area contributed by atoms with Gasteiger partial charge in [-0.3, -0.25) is 9.98 Å². The van der Waals surface area contributed by atoms with E-state index in [0.717, 1.165) is 24.4 Å². The van der Waals surface area contributed by atoms with Crippen molar-refractivity contribution < 1.29 is 0 Å². The van der Waals surface area contributed by atoms with Crippen LogP contribution in [-0.4, -0.2) is 25.0 Å². The van der Waals surface area contributed by atoms with E-state index in [1.807, 2.05) is 18.2 Å². The summed E-state index contributed by atoms with van der Waals surface area (Å²) in [5, 5.41) is 0. The first kappa shape index (κ1) is 9.65. The van der Waals surface area contributed by atoms with Crippen molar-refractivity contribution >= 4 is 11.4 Å². The molecular weight excluding hydrogens is 160 g/mol. The van der Waals surface area contributed by atoms with Crippen LogP contribution in [0.15, 0.2) is 46.9 Å². The molecule has 2 nitrogen and oxygen atoms in total. The zero-order chi connectivity index (χ0) is 9.52. The molecule has 0 atom stereocenters. The van der Waals surface area contributed by atoms with Crippen LogP contribution in [0.3, 0.4) is 0 Å². The minimum atomic E-state index is 0.822. The summed E-state index contributed by atoms with van der Waals surface area (Å²) in [6.07, 6.45) is 10.8. The minimum absolute atomic E-state index is 0.822. The van der Waals surface area contributed by atoms with Gasteiger partial charge in [-0.1, -0.05) is 24.8 Å².